The summed E-state index contributed by atoms with van der Waals surface area (Å²) >= 11 is 0. The molecule has 5 nitrogen and oxygen atoms in total. The minimum atomic E-state index is 0.212. The van der Waals surface area contributed by atoms with E-state index in [0.717, 1.165) is 31.7 Å². The Kier molecular flexibility index (Phi) is 4.15. The van der Waals surface area contributed by atoms with E-state index in [2.05, 4.69) is 17.3 Å². The van der Waals surface area contributed by atoms with Crippen LogP contribution < -0.4 is 11.3 Å². The van der Waals surface area contributed by atoms with E-state index >= 15 is 0 Å². The van der Waals surface area contributed by atoms with Crippen molar-refractivity contribution in [3.8, 4) is 0 Å². The van der Waals surface area contributed by atoms with Crippen LogP contribution in [0, 0.1) is 5.92 Å². The van der Waals surface area contributed by atoms with Crippen molar-refractivity contribution in [1.29, 1.82) is 0 Å². The lowest BCUT2D eigenvalue weighted by Crippen LogP contribution is -2.46. The Labute approximate surface area is 102 Å². The zero-order valence-electron chi connectivity index (χ0n) is 10.6. The molecule has 0 radical (unpaired) electrons. The van der Waals surface area contributed by atoms with Crippen molar-refractivity contribution in [2.75, 3.05) is 6.61 Å². The minimum absolute atomic E-state index is 0.212. The molecule has 96 valence electrons. The molecule has 0 spiro atoms. The molecular weight excluding hydrogens is 216 g/mol. The summed E-state index contributed by atoms with van der Waals surface area (Å²) in [6.45, 7) is 3.08. The molecule has 0 aromatic carbocycles. The van der Waals surface area contributed by atoms with Gasteiger partial charge >= 0.3 is 0 Å². The predicted octanol–water partition coefficient (Wildman–Crippen LogP) is 0.610. The molecule has 3 unspecified atom stereocenters. The van der Waals surface area contributed by atoms with Crippen molar-refractivity contribution in [3.63, 3.8) is 0 Å². The Balaban J connectivity index is 1.89. The number of hydrazine groups is 1. The van der Waals surface area contributed by atoms with Crippen molar-refractivity contribution >= 4 is 0 Å². The summed E-state index contributed by atoms with van der Waals surface area (Å²) in [6, 6.07) is 0.212. The normalized spacial score (nSPS) is 26.3. The van der Waals surface area contributed by atoms with Gasteiger partial charge in [0.05, 0.1) is 6.10 Å². The highest BCUT2D eigenvalue weighted by atomic mass is 16.5. The van der Waals surface area contributed by atoms with E-state index in [1.807, 2.05) is 24.0 Å². The summed E-state index contributed by atoms with van der Waals surface area (Å²) in [5, 5.41) is 0. The van der Waals surface area contributed by atoms with E-state index in [0.29, 0.717) is 5.92 Å². The van der Waals surface area contributed by atoms with Gasteiger partial charge in [-0.05, 0) is 18.8 Å². The van der Waals surface area contributed by atoms with E-state index in [1.54, 1.807) is 0 Å². The third-order valence-corrected chi connectivity index (χ3v) is 3.65. The predicted molar refractivity (Wildman–Crippen MR) is 66.2 cm³/mol. The molecular formula is C12H22N4O. The Morgan fingerprint density at radius 3 is 3.06 bits per heavy atom. The highest BCUT2D eigenvalue weighted by Crippen LogP contribution is 2.24. The fourth-order valence-electron chi connectivity index (χ4n) is 2.50. The maximum atomic E-state index is 5.75. The SMILES string of the molecule is CC1CCOC1C(CCc1nccn1C)NN. The first kappa shape index (κ1) is 12.5. The van der Waals surface area contributed by atoms with Crippen LogP contribution in [0.1, 0.15) is 25.6 Å². The van der Waals surface area contributed by atoms with Crippen LogP contribution in [0.4, 0.5) is 0 Å². The fraction of sp³-hybridized carbons (Fsp3) is 0.750. The lowest BCUT2D eigenvalue weighted by atomic mass is 9.95. The van der Waals surface area contributed by atoms with Crippen LogP contribution in [0.3, 0.4) is 0 Å². The molecule has 0 aliphatic carbocycles. The van der Waals surface area contributed by atoms with Gasteiger partial charge in [-0.3, -0.25) is 11.3 Å². The highest BCUT2D eigenvalue weighted by molar-refractivity contribution is 4.93. The minimum Gasteiger partial charge on any atom is -0.376 e. The summed E-state index contributed by atoms with van der Waals surface area (Å²) in [5.74, 6) is 7.31. The first-order valence-corrected chi connectivity index (χ1v) is 6.26. The summed E-state index contributed by atoms with van der Waals surface area (Å²) < 4.78 is 7.80. The lowest BCUT2D eigenvalue weighted by Gasteiger charge is -2.25. The molecule has 3 N–H and O–H groups in total. The number of aryl methyl sites for hydroxylation is 2. The van der Waals surface area contributed by atoms with Crippen LogP contribution in [0.25, 0.3) is 0 Å². The van der Waals surface area contributed by atoms with Crippen molar-refractivity contribution < 1.29 is 4.74 Å². The first-order valence-electron chi connectivity index (χ1n) is 6.26. The van der Waals surface area contributed by atoms with Gasteiger partial charge in [0.2, 0.25) is 0 Å². The summed E-state index contributed by atoms with van der Waals surface area (Å²) in [7, 11) is 2.02. The topological polar surface area (TPSA) is 65.1 Å². The van der Waals surface area contributed by atoms with E-state index in [-0.39, 0.29) is 12.1 Å². The summed E-state index contributed by atoms with van der Waals surface area (Å²) in [6.07, 6.45) is 7.04. The molecule has 0 saturated carbocycles. The molecule has 1 aromatic heterocycles. The molecule has 1 saturated heterocycles. The quantitative estimate of drug-likeness (QED) is 0.583. The number of hydrogen-bond donors (Lipinski definition) is 2. The largest absolute Gasteiger partial charge is 0.376 e. The van der Waals surface area contributed by atoms with Gasteiger partial charge in [-0.15, -0.1) is 0 Å². The zero-order chi connectivity index (χ0) is 12.3. The van der Waals surface area contributed by atoms with Gasteiger partial charge in [0.15, 0.2) is 0 Å². The highest BCUT2D eigenvalue weighted by Gasteiger charge is 2.31. The third-order valence-electron chi connectivity index (χ3n) is 3.65. The van der Waals surface area contributed by atoms with E-state index in [1.165, 1.54) is 0 Å². The van der Waals surface area contributed by atoms with Crippen LogP contribution in [-0.2, 0) is 18.2 Å². The number of imidazole rings is 1. The number of ether oxygens (including phenoxy) is 1. The van der Waals surface area contributed by atoms with Crippen molar-refractivity contribution in [3.05, 3.63) is 18.2 Å². The second kappa shape index (κ2) is 5.62. The number of nitrogens with one attached hydrogen (secondary N) is 1. The summed E-state index contributed by atoms with van der Waals surface area (Å²) in [5.41, 5.74) is 2.89. The Morgan fingerprint density at radius 2 is 2.53 bits per heavy atom. The number of aromatic nitrogens is 2. The second-order valence-corrected chi connectivity index (χ2v) is 4.87. The molecule has 17 heavy (non-hydrogen) atoms. The van der Waals surface area contributed by atoms with Gasteiger partial charge in [-0.25, -0.2) is 4.98 Å². The van der Waals surface area contributed by atoms with E-state index in [9.17, 15) is 0 Å². The van der Waals surface area contributed by atoms with E-state index in [4.69, 9.17) is 10.6 Å². The van der Waals surface area contributed by atoms with Crippen LogP contribution >= 0.6 is 0 Å². The smallest absolute Gasteiger partial charge is 0.108 e. The molecule has 1 aliphatic rings. The average Bonchev–Trinajstić information content (AvgIpc) is 2.90. The number of nitrogens with two attached hydrogens (primary N) is 1. The van der Waals surface area contributed by atoms with Crippen LogP contribution in [-0.4, -0.2) is 28.3 Å². The summed E-state index contributed by atoms with van der Waals surface area (Å²) in [4.78, 5) is 4.32. The van der Waals surface area contributed by atoms with Crippen molar-refractivity contribution in [2.24, 2.45) is 18.8 Å². The van der Waals surface area contributed by atoms with Crippen LogP contribution in [0.5, 0.6) is 0 Å². The molecule has 0 bridgehead atoms. The number of nitrogens with zero attached hydrogens (tertiary/aromatic N) is 2. The average molecular weight is 238 g/mol. The molecule has 1 aromatic rings. The van der Waals surface area contributed by atoms with Gasteiger partial charge in [-0.1, -0.05) is 6.92 Å². The zero-order valence-corrected chi connectivity index (χ0v) is 10.6. The Morgan fingerprint density at radius 1 is 1.71 bits per heavy atom. The molecule has 0 amide bonds. The van der Waals surface area contributed by atoms with E-state index < -0.39 is 0 Å². The molecule has 5 heteroatoms. The van der Waals surface area contributed by atoms with Gasteiger partial charge in [0, 0.05) is 38.5 Å². The Hall–Kier alpha value is -0.910. The van der Waals surface area contributed by atoms with Crippen molar-refractivity contribution in [2.45, 2.75) is 38.3 Å². The standard InChI is InChI=1S/C12H22N4O/c1-9-5-8-17-12(9)10(15-13)3-4-11-14-6-7-16(11)2/h6-7,9-10,12,15H,3-5,8,13H2,1-2H3. The van der Waals surface area contributed by atoms with Gasteiger partial charge in [-0.2, -0.15) is 0 Å². The molecule has 3 atom stereocenters. The molecule has 2 heterocycles. The molecule has 2 rings (SSSR count). The maximum Gasteiger partial charge on any atom is 0.108 e. The molecule has 1 aliphatic heterocycles. The van der Waals surface area contributed by atoms with Gasteiger partial charge < -0.3 is 9.30 Å². The van der Waals surface area contributed by atoms with Crippen LogP contribution in [0.15, 0.2) is 12.4 Å². The van der Waals surface area contributed by atoms with Gasteiger partial charge in [0.25, 0.3) is 0 Å². The maximum absolute atomic E-state index is 5.75. The third kappa shape index (κ3) is 2.86. The first-order chi connectivity index (χ1) is 8.22. The van der Waals surface area contributed by atoms with Gasteiger partial charge in [0.1, 0.15) is 5.82 Å². The monoisotopic (exact) mass is 238 g/mol. The lowest BCUT2D eigenvalue weighted by molar-refractivity contribution is 0.0582. The number of hydrogen-bond acceptors (Lipinski definition) is 4. The van der Waals surface area contributed by atoms with Crippen LogP contribution in [0.2, 0.25) is 0 Å². The second-order valence-electron chi connectivity index (χ2n) is 4.87. The number of rotatable bonds is 5. The Bertz CT molecular complexity index is 352. The fourth-order valence-corrected chi connectivity index (χ4v) is 2.50. The molecule has 1 fully saturated rings. The van der Waals surface area contributed by atoms with Crippen molar-refractivity contribution in [1.82, 2.24) is 15.0 Å².